The van der Waals surface area contributed by atoms with Gasteiger partial charge in [-0.05, 0) is 23.3 Å². The van der Waals surface area contributed by atoms with Crippen LogP contribution in [0.1, 0.15) is 19.8 Å². The van der Waals surface area contributed by atoms with Crippen LogP contribution in [0.3, 0.4) is 0 Å². The molecule has 0 aromatic carbocycles. The average Bonchev–Trinajstić information content (AvgIpc) is 2.04. The van der Waals surface area contributed by atoms with Crippen LogP contribution in [-0.2, 0) is 7.86 Å². The van der Waals surface area contributed by atoms with Crippen molar-refractivity contribution in [3.63, 3.8) is 0 Å². The van der Waals surface area contributed by atoms with Crippen molar-refractivity contribution in [1.29, 1.82) is 0 Å². The third-order valence-electron chi connectivity index (χ3n) is 2.45. The molecule has 76 valence electrons. The highest BCUT2D eigenvalue weighted by Gasteiger charge is 2.20. The first kappa shape index (κ1) is 10.9. The van der Waals surface area contributed by atoms with Crippen LogP contribution in [0, 0.1) is 5.92 Å². The summed E-state index contributed by atoms with van der Waals surface area (Å²) in [7, 11) is 0. The molecule has 0 saturated carbocycles. The largest absolute Gasteiger partial charge is 0.343 e. The van der Waals surface area contributed by atoms with E-state index in [-0.39, 0.29) is 5.91 Å². The molecular weight excluding hydrogens is 281 g/mol. The summed E-state index contributed by atoms with van der Waals surface area (Å²) in [6.45, 7) is 3.28. The van der Waals surface area contributed by atoms with Crippen molar-refractivity contribution in [1.82, 2.24) is 4.90 Å². The molecule has 3 nitrogen and oxygen atoms in total. The zero-order valence-electron chi connectivity index (χ0n) is 7.96. The molecule has 0 aliphatic carbocycles. The predicted octanol–water partition coefficient (Wildman–Crippen LogP) is 1.53. The quantitative estimate of drug-likeness (QED) is 0.572. The van der Waals surface area contributed by atoms with Gasteiger partial charge in [0.05, 0.1) is 19.3 Å². The van der Waals surface area contributed by atoms with Gasteiger partial charge in [0.1, 0.15) is 0 Å². The summed E-state index contributed by atoms with van der Waals surface area (Å²) < 4.78 is 15.4. The van der Waals surface area contributed by atoms with Gasteiger partial charge in [-0.3, -0.25) is 7.86 Å². The SMILES string of the molecule is C=I(=O)CC1CCN(C(C)=O)CC1. The van der Waals surface area contributed by atoms with Crippen LogP contribution < -0.4 is 0 Å². The zero-order chi connectivity index (χ0) is 9.84. The van der Waals surface area contributed by atoms with Crippen molar-refractivity contribution in [2.75, 3.05) is 17.5 Å². The van der Waals surface area contributed by atoms with Crippen LogP contribution in [0.15, 0.2) is 0 Å². The van der Waals surface area contributed by atoms with Crippen LogP contribution in [0.4, 0.5) is 0 Å². The number of rotatable bonds is 2. The Morgan fingerprint density at radius 3 is 2.46 bits per heavy atom. The number of carbonyl (C=O) groups is 1. The van der Waals surface area contributed by atoms with Crippen LogP contribution in [-0.4, -0.2) is 32.8 Å². The van der Waals surface area contributed by atoms with Crippen LogP contribution >= 0.6 is 19.3 Å². The fourth-order valence-corrected chi connectivity index (χ4v) is 3.92. The van der Waals surface area contributed by atoms with E-state index in [1.807, 2.05) is 4.90 Å². The highest BCUT2D eigenvalue weighted by molar-refractivity contribution is 14.2. The van der Waals surface area contributed by atoms with Gasteiger partial charge in [0.2, 0.25) is 5.91 Å². The highest BCUT2D eigenvalue weighted by Crippen LogP contribution is 2.22. The van der Waals surface area contributed by atoms with E-state index in [9.17, 15) is 7.86 Å². The summed E-state index contributed by atoms with van der Waals surface area (Å²) in [5, 5.41) is 0. The molecule has 13 heavy (non-hydrogen) atoms. The lowest BCUT2D eigenvalue weighted by atomic mass is 9.99. The Morgan fingerprint density at radius 1 is 1.54 bits per heavy atom. The maximum atomic E-state index is 11.0. The third-order valence-corrected chi connectivity index (χ3v) is 4.68. The number of halogens is 1. The summed E-state index contributed by atoms with van der Waals surface area (Å²) in [4.78, 5) is 12.9. The molecule has 0 bridgehead atoms. The van der Waals surface area contributed by atoms with Gasteiger partial charge < -0.3 is 4.90 Å². The Labute approximate surface area is 85.7 Å². The molecular formula is C9H16INO2. The van der Waals surface area contributed by atoms with Crippen molar-refractivity contribution >= 4 is 29.8 Å². The van der Waals surface area contributed by atoms with E-state index >= 15 is 0 Å². The van der Waals surface area contributed by atoms with Crippen LogP contribution in [0.5, 0.6) is 0 Å². The minimum Gasteiger partial charge on any atom is -0.343 e. The van der Waals surface area contributed by atoms with Crippen LogP contribution in [0.25, 0.3) is 0 Å². The number of nitrogens with zero attached hydrogens (tertiary/aromatic N) is 1. The number of likely N-dealkylation sites (tertiary alicyclic amines) is 1. The van der Waals surface area contributed by atoms with E-state index in [0.717, 1.165) is 30.4 Å². The van der Waals surface area contributed by atoms with Crippen molar-refractivity contribution in [2.45, 2.75) is 19.8 Å². The first-order chi connectivity index (χ1) is 6.09. The van der Waals surface area contributed by atoms with E-state index in [2.05, 4.69) is 4.51 Å². The lowest BCUT2D eigenvalue weighted by Gasteiger charge is -2.30. The fraction of sp³-hybridized carbons (Fsp3) is 0.778. The van der Waals surface area contributed by atoms with Crippen molar-refractivity contribution in [3.05, 3.63) is 0 Å². The maximum absolute atomic E-state index is 11.0. The van der Waals surface area contributed by atoms with Crippen molar-refractivity contribution in [3.8, 4) is 0 Å². The molecule has 1 amide bonds. The Hall–Kier alpha value is -0.130. The summed E-state index contributed by atoms with van der Waals surface area (Å²) >= 11 is -2.04. The lowest BCUT2D eigenvalue weighted by molar-refractivity contribution is -0.130. The maximum Gasteiger partial charge on any atom is 0.219 e. The van der Waals surface area contributed by atoms with Gasteiger partial charge >= 0.3 is 0 Å². The number of piperidine rings is 1. The summed E-state index contributed by atoms with van der Waals surface area (Å²) in [5.41, 5.74) is 0. The summed E-state index contributed by atoms with van der Waals surface area (Å²) in [6, 6.07) is 0. The predicted molar refractivity (Wildman–Crippen MR) is 61.7 cm³/mol. The molecule has 1 aliphatic rings. The number of hydrogen-bond acceptors (Lipinski definition) is 2. The van der Waals surface area contributed by atoms with Gasteiger partial charge in [0.15, 0.2) is 0 Å². The average molecular weight is 297 g/mol. The first-order valence-electron chi connectivity index (χ1n) is 4.47. The van der Waals surface area contributed by atoms with E-state index in [1.54, 1.807) is 6.92 Å². The smallest absolute Gasteiger partial charge is 0.219 e. The second-order valence-corrected chi connectivity index (χ2v) is 6.72. The normalized spacial score (nSPS) is 19.4. The Bertz CT molecular complexity index is 244. The first-order valence-corrected chi connectivity index (χ1v) is 8.41. The van der Waals surface area contributed by atoms with Gasteiger partial charge in [0, 0.05) is 24.4 Å². The second kappa shape index (κ2) is 4.93. The van der Waals surface area contributed by atoms with Gasteiger partial charge in [-0.15, -0.1) is 0 Å². The Balaban J connectivity index is 2.34. The van der Waals surface area contributed by atoms with E-state index in [4.69, 9.17) is 0 Å². The number of alkyl halides is 1. The lowest BCUT2D eigenvalue weighted by Crippen LogP contribution is -2.37. The molecule has 0 N–H and O–H groups in total. The van der Waals surface area contributed by atoms with Gasteiger partial charge in [0.25, 0.3) is 0 Å². The molecule has 1 fully saturated rings. The van der Waals surface area contributed by atoms with Gasteiger partial charge in [-0.1, -0.05) is 0 Å². The van der Waals surface area contributed by atoms with E-state index < -0.39 is 19.3 Å². The highest BCUT2D eigenvalue weighted by atomic mass is 127. The standard InChI is InChI=1S/C9H16INO2/c1-8(12)11-5-3-9(4-6-11)7-10(2)13/h9H,2-7H2,1H3. The van der Waals surface area contributed by atoms with Gasteiger partial charge in [-0.25, -0.2) is 0 Å². The topological polar surface area (TPSA) is 37.4 Å². The number of hydrogen-bond donors (Lipinski definition) is 0. The van der Waals surface area contributed by atoms with Crippen molar-refractivity contribution in [2.24, 2.45) is 5.92 Å². The molecule has 0 aromatic heterocycles. The Morgan fingerprint density at radius 2 is 2.08 bits per heavy atom. The molecule has 1 aliphatic heterocycles. The van der Waals surface area contributed by atoms with E-state index in [1.165, 1.54) is 0 Å². The second-order valence-electron chi connectivity index (χ2n) is 3.51. The molecule has 1 rings (SSSR count). The minimum absolute atomic E-state index is 0.158. The monoisotopic (exact) mass is 297 g/mol. The number of carbonyl (C=O) groups excluding carboxylic acids is 1. The minimum atomic E-state index is -2.04. The molecule has 0 aromatic rings. The molecule has 4 heteroatoms. The molecule has 0 unspecified atom stereocenters. The van der Waals surface area contributed by atoms with Crippen molar-refractivity contribution < 1.29 is 7.86 Å². The molecule has 0 radical (unpaired) electrons. The fourth-order valence-electron chi connectivity index (χ4n) is 1.65. The van der Waals surface area contributed by atoms with Crippen LogP contribution in [0.2, 0.25) is 0 Å². The summed E-state index contributed by atoms with van der Waals surface area (Å²) in [6.07, 6.45) is 2.01. The van der Waals surface area contributed by atoms with Gasteiger partial charge in [-0.2, -0.15) is 0 Å². The molecule has 0 atom stereocenters. The molecule has 1 saturated heterocycles. The third kappa shape index (κ3) is 3.62. The molecule has 0 spiro atoms. The Kier molecular flexibility index (Phi) is 4.15. The summed E-state index contributed by atoms with van der Waals surface area (Å²) in [5.74, 6) is 0.710. The number of amides is 1. The molecule has 1 heterocycles. The zero-order valence-corrected chi connectivity index (χ0v) is 10.1. The van der Waals surface area contributed by atoms with E-state index in [0.29, 0.717) is 5.92 Å².